The molecule has 0 N–H and O–H groups in total. The van der Waals surface area contributed by atoms with Crippen LogP contribution in [-0.4, -0.2) is 24.8 Å². The van der Waals surface area contributed by atoms with Crippen molar-refractivity contribution < 1.29 is 27.5 Å². The van der Waals surface area contributed by atoms with Gasteiger partial charge in [-0.25, -0.2) is 8.78 Å². The maximum absolute atomic E-state index is 14.3. The Balaban J connectivity index is 1.76. The van der Waals surface area contributed by atoms with E-state index in [0.717, 1.165) is 0 Å². The van der Waals surface area contributed by atoms with Crippen molar-refractivity contribution in [3.8, 4) is 5.75 Å². The zero-order valence-electron chi connectivity index (χ0n) is 13.2. The molecule has 6 heteroatoms. The zero-order valence-corrected chi connectivity index (χ0v) is 13.2. The summed E-state index contributed by atoms with van der Waals surface area (Å²) in [5.74, 6) is -2.66. The molecule has 2 aliphatic rings. The van der Waals surface area contributed by atoms with Crippen LogP contribution in [0.1, 0.15) is 50.0 Å². The van der Waals surface area contributed by atoms with Gasteiger partial charge in [0.15, 0.2) is 11.6 Å². The van der Waals surface area contributed by atoms with E-state index in [0.29, 0.717) is 38.5 Å². The van der Waals surface area contributed by atoms with Gasteiger partial charge in [0.25, 0.3) is 0 Å². The number of carbonyl (C=O) groups is 2. The molecule has 0 aliphatic heterocycles. The van der Waals surface area contributed by atoms with Gasteiger partial charge in [-0.2, -0.15) is 4.39 Å². The molecule has 2 fully saturated rings. The summed E-state index contributed by atoms with van der Waals surface area (Å²) in [4.78, 5) is 24.1. The first-order chi connectivity index (χ1) is 11.5. The number of ether oxygens (including phenoxy) is 1. The lowest BCUT2D eigenvalue weighted by molar-refractivity contribution is -0.137. The second-order valence-corrected chi connectivity index (χ2v) is 6.52. The summed E-state index contributed by atoms with van der Waals surface area (Å²) in [5, 5.41) is 0. The molecule has 3 nitrogen and oxygen atoms in total. The van der Waals surface area contributed by atoms with Gasteiger partial charge in [-0.15, -0.1) is 0 Å². The van der Waals surface area contributed by atoms with Crippen molar-refractivity contribution in [2.45, 2.75) is 44.4 Å². The Hall–Kier alpha value is -1.85. The fourth-order valence-corrected chi connectivity index (χ4v) is 3.96. The first-order valence-electron chi connectivity index (χ1n) is 8.23. The second-order valence-electron chi connectivity index (χ2n) is 6.52. The molecule has 0 radical (unpaired) electrons. The SMILES string of the molecule is O=C1CCC(=O)C12CCC(c1ccc(OCCF)c(F)c1F)CC2. The maximum atomic E-state index is 14.3. The van der Waals surface area contributed by atoms with E-state index >= 15 is 0 Å². The molecule has 1 aromatic carbocycles. The standard InChI is InChI=1S/C18H19F3O3/c19-9-10-24-13-2-1-12(16(20)17(13)21)11-5-7-18(8-6-11)14(22)3-4-15(18)23/h1-2,11H,3-10H2. The minimum Gasteiger partial charge on any atom is -0.488 e. The average molecular weight is 340 g/mol. The number of carbonyl (C=O) groups excluding carboxylic acids is 2. The molecule has 0 heterocycles. The Kier molecular flexibility index (Phi) is 4.65. The molecule has 1 spiro atoms. The molecule has 1 aromatic rings. The summed E-state index contributed by atoms with van der Waals surface area (Å²) < 4.78 is 45.3. The van der Waals surface area contributed by atoms with Gasteiger partial charge >= 0.3 is 0 Å². The molecule has 2 saturated carbocycles. The van der Waals surface area contributed by atoms with Gasteiger partial charge in [-0.1, -0.05) is 6.07 Å². The Morgan fingerprint density at radius 3 is 2.25 bits per heavy atom. The highest BCUT2D eigenvalue weighted by molar-refractivity contribution is 6.12. The first kappa shape index (κ1) is 17.0. The second kappa shape index (κ2) is 6.57. The Morgan fingerprint density at radius 1 is 1.04 bits per heavy atom. The smallest absolute Gasteiger partial charge is 0.200 e. The fourth-order valence-electron chi connectivity index (χ4n) is 3.96. The molecule has 0 saturated heterocycles. The van der Waals surface area contributed by atoms with E-state index in [1.165, 1.54) is 12.1 Å². The van der Waals surface area contributed by atoms with Crippen molar-refractivity contribution in [3.63, 3.8) is 0 Å². The number of hydrogen-bond acceptors (Lipinski definition) is 3. The van der Waals surface area contributed by atoms with E-state index in [1.54, 1.807) is 0 Å². The van der Waals surface area contributed by atoms with Crippen molar-refractivity contribution in [2.75, 3.05) is 13.3 Å². The molecule has 0 aromatic heterocycles. The third-order valence-corrected chi connectivity index (χ3v) is 5.34. The fraction of sp³-hybridized carbons (Fsp3) is 0.556. The predicted molar refractivity (Wildman–Crippen MR) is 80.7 cm³/mol. The van der Waals surface area contributed by atoms with Crippen molar-refractivity contribution in [1.29, 1.82) is 0 Å². The maximum Gasteiger partial charge on any atom is 0.200 e. The number of alkyl halides is 1. The monoisotopic (exact) mass is 340 g/mol. The highest BCUT2D eigenvalue weighted by Gasteiger charge is 2.51. The summed E-state index contributed by atoms with van der Waals surface area (Å²) >= 11 is 0. The molecule has 3 rings (SSSR count). The highest BCUT2D eigenvalue weighted by Crippen LogP contribution is 2.49. The van der Waals surface area contributed by atoms with Crippen LogP contribution in [0.3, 0.4) is 0 Å². The van der Waals surface area contributed by atoms with Crippen LogP contribution in [0.15, 0.2) is 12.1 Å². The van der Waals surface area contributed by atoms with Gasteiger partial charge in [-0.3, -0.25) is 9.59 Å². The molecule has 2 aliphatic carbocycles. The topological polar surface area (TPSA) is 43.4 Å². The number of Topliss-reactive ketones (excluding diaryl/α,β-unsaturated/α-hetero) is 2. The molecular formula is C18H19F3O3. The Bertz CT molecular complexity index is 646. The van der Waals surface area contributed by atoms with Crippen molar-refractivity contribution >= 4 is 11.6 Å². The molecular weight excluding hydrogens is 321 g/mol. The van der Waals surface area contributed by atoms with Gasteiger partial charge in [0.05, 0.1) is 5.41 Å². The van der Waals surface area contributed by atoms with Gasteiger partial charge < -0.3 is 4.74 Å². The molecule has 130 valence electrons. The predicted octanol–water partition coefficient (Wildman–Crippen LogP) is 3.89. The van der Waals surface area contributed by atoms with Gasteiger partial charge in [-0.05, 0) is 43.2 Å². The molecule has 24 heavy (non-hydrogen) atoms. The van der Waals surface area contributed by atoms with Crippen LogP contribution in [0.2, 0.25) is 0 Å². The van der Waals surface area contributed by atoms with Crippen molar-refractivity contribution in [2.24, 2.45) is 5.41 Å². The number of benzene rings is 1. The van der Waals surface area contributed by atoms with E-state index in [-0.39, 0.29) is 35.4 Å². The Morgan fingerprint density at radius 2 is 1.67 bits per heavy atom. The largest absolute Gasteiger partial charge is 0.488 e. The summed E-state index contributed by atoms with van der Waals surface area (Å²) in [5.41, 5.74) is -0.650. The first-order valence-corrected chi connectivity index (χ1v) is 8.23. The van der Waals surface area contributed by atoms with Crippen LogP contribution >= 0.6 is 0 Å². The van der Waals surface area contributed by atoms with Crippen LogP contribution in [0.5, 0.6) is 5.75 Å². The lowest BCUT2D eigenvalue weighted by Crippen LogP contribution is -2.36. The molecule has 0 atom stereocenters. The zero-order chi connectivity index (χ0) is 17.3. The molecule has 0 amide bonds. The van der Waals surface area contributed by atoms with Crippen LogP contribution in [0.4, 0.5) is 13.2 Å². The van der Waals surface area contributed by atoms with Crippen LogP contribution in [0, 0.1) is 17.0 Å². The minimum absolute atomic E-state index is 0.00688. The van der Waals surface area contributed by atoms with Gasteiger partial charge in [0.2, 0.25) is 5.82 Å². The summed E-state index contributed by atoms with van der Waals surface area (Å²) in [7, 11) is 0. The van der Waals surface area contributed by atoms with Gasteiger partial charge in [0.1, 0.15) is 24.8 Å². The van der Waals surface area contributed by atoms with E-state index in [9.17, 15) is 22.8 Å². The van der Waals surface area contributed by atoms with Crippen molar-refractivity contribution in [3.05, 3.63) is 29.3 Å². The quantitative estimate of drug-likeness (QED) is 0.781. The highest BCUT2D eigenvalue weighted by atomic mass is 19.2. The van der Waals surface area contributed by atoms with E-state index in [4.69, 9.17) is 4.74 Å². The number of halogens is 3. The summed E-state index contributed by atoms with van der Waals surface area (Å²) in [6, 6.07) is 2.76. The Labute approximate surface area is 138 Å². The lowest BCUT2D eigenvalue weighted by atomic mass is 9.67. The van der Waals surface area contributed by atoms with Gasteiger partial charge in [0, 0.05) is 12.8 Å². The van der Waals surface area contributed by atoms with Crippen LogP contribution in [-0.2, 0) is 9.59 Å². The van der Waals surface area contributed by atoms with Crippen molar-refractivity contribution in [1.82, 2.24) is 0 Å². The number of hydrogen-bond donors (Lipinski definition) is 0. The lowest BCUT2D eigenvalue weighted by Gasteiger charge is -2.35. The molecule has 0 unspecified atom stereocenters. The third-order valence-electron chi connectivity index (χ3n) is 5.34. The number of ketones is 2. The number of rotatable bonds is 4. The summed E-state index contributed by atoms with van der Waals surface area (Å²) in [6.07, 6.45) is 2.34. The van der Waals surface area contributed by atoms with E-state index in [1.807, 2.05) is 0 Å². The average Bonchev–Trinajstić information content (AvgIpc) is 2.86. The van der Waals surface area contributed by atoms with E-state index < -0.39 is 23.7 Å². The summed E-state index contributed by atoms with van der Waals surface area (Å²) in [6.45, 7) is -1.11. The van der Waals surface area contributed by atoms with E-state index in [2.05, 4.69) is 0 Å². The van der Waals surface area contributed by atoms with Crippen LogP contribution < -0.4 is 4.74 Å². The van der Waals surface area contributed by atoms with Crippen LogP contribution in [0.25, 0.3) is 0 Å². The third kappa shape index (κ3) is 2.72. The minimum atomic E-state index is -1.12. The normalized spacial score (nSPS) is 20.8. The molecule has 0 bridgehead atoms.